The number of aromatic nitrogens is 1. The van der Waals surface area contributed by atoms with E-state index in [2.05, 4.69) is 10.3 Å². The molecule has 2 amide bonds. The largest absolute Gasteiger partial charge is 0.436 e. The van der Waals surface area contributed by atoms with Crippen LogP contribution in [0.1, 0.15) is 36.0 Å². The van der Waals surface area contributed by atoms with Crippen LogP contribution in [0.5, 0.6) is 0 Å². The predicted octanol–water partition coefficient (Wildman–Crippen LogP) is 3.64. The van der Waals surface area contributed by atoms with Crippen molar-refractivity contribution in [2.45, 2.75) is 37.8 Å². The first kappa shape index (κ1) is 20.7. The molecule has 0 bridgehead atoms. The molecule has 5 rings (SSSR count). The van der Waals surface area contributed by atoms with E-state index in [1.807, 2.05) is 55.6 Å². The van der Waals surface area contributed by atoms with Crippen LogP contribution >= 0.6 is 0 Å². The highest BCUT2D eigenvalue weighted by molar-refractivity contribution is 5.95. The number of para-hydroxylation sites is 2. The fourth-order valence-corrected chi connectivity index (χ4v) is 4.64. The van der Waals surface area contributed by atoms with Gasteiger partial charge in [-0.05, 0) is 62.1 Å². The summed E-state index contributed by atoms with van der Waals surface area (Å²) < 4.78 is 11.1. The molecule has 32 heavy (non-hydrogen) atoms. The summed E-state index contributed by atoms with van der Waals surface area (Å²) in [4.78, 5) is 31.9. The first-order valence-corrected chi connectivity index (χ1v) is 11.2. The van der Waals surface area contributed by atoms with Crippen molar-refractivity contribution >= 4 is 22.9 Å². The second-order valence-electron chi connectivity index (χ2n) is 8.71. The summed E-state index contributed by atoms with van der Waals surface area (Å²) in [6.45, 7) is 1.31. The van der Waals surface area contributed by atoms with Crippen molar-refractivity contribution in [1.82, 2.24) is 15.2 Å². The lowest BCUT2D eigenvalue weighted by molar-refractivity contribution is -0.125. The Morgan fingerprint density at radius 2 is 1.88 bits per heavy atom. The quantitative estimate of drug-likeness (QED) is 0.664. The van der Waals surface area contributed by atoms with E-state index in [9.17, 15) is 9.59 Å². The zero-order valence-corrected chi connectivity index (χ0v) is 18.1. The number of hydrogen-bond acceptors (Lipinski definition) is 5. The fourth-order valence-electron chi connectivity index (χ4n) is 4.64. The highest BCUT2D eigenvalue weighted by Gasteiger charge is 2.35. The highest BCUT2D eigenvalue weighted by atomic mass is 16.5. The Kier molecular flexibility index (Phi) is 5.66. The van der Waals surface area contributed by atoms with Gasteiger partial charge >= 0.3 is 0 Å². The van der Waals surface area contributed by atoms with Crippen LogP contribution in [0.4, 0.5) is 0 Å². The Hall–Kier alpha value is -3.19. The maximum atomic E-state index is 13.0. The molecule has 1 aliphatic carbocycles. The number of hydrogen-bond donors (Lipinski definition) is 1. The summed E-state index contributed by atoms with van der Waals surface area (Å²) in [7, 11) is 1.83. The van der Waals surface area contributed by atoms with Gasteiger partial charge in [-0.1, -0.05) is 12.1 Å². The minimum atomic E-state index is -0.0441. The van der Waals surface area contributed by atoms with Gasteiger partial charge < -0.3 is 19.4 Å². The minimum Gasteiger partial charge on any atom is -0.436 e. The number of ether oxygens (including phenoxy) is 1. The van der Waals surface area contributed by atoms with Crippen LogP contribution in [-0.4, -0.2) is 54.0 Å². The van der Waals surface area contributed by atoms with E-state index < -0.39 is 0 Å². The average molecular weight is 434 g/mol. The third kappa shape index (κ3) is 4.12. The van der Waals surface area contributed by atoms with E-state index in [0.717, 1.165) is 35.9 Å². The maximum Gasteiger partial charge on any atom is 0.253 e. The van der Waals surface area contributed by atoms with Crippen molar-refractivity contribution < 1.29 is 18.7 Å². The van der Waals surface area contributed by atoms with Gasteiger partial charge in [-0.15, -0.1) is 0 Å². The molecule has 0 spiro atoms. The first-order chi connectivity index (χ1) is 15.6. The Balaban J connectivity index is 1.21. The van der Waals surface area contributed by atoms with Gasteiger partial charge in [0.2, 0.25) is 11.8 Å². The lowest BCUT2D eigenvalue weighted by atomic mass is 10.1. The number of nitrogens with one attached hydrogen (secondary N) is 1. The van der Waals surface area contributed by atoms with Gasteiger partial charge in [0, 0.05) is 36.7 Å². The van der Waals surface area contributed by atoms with E-state index in [1.165, 1.54) is 0 Å². The summed E-state index contributed by atoms with van der Waals surface area (Å²) in [6, 6.07) is 15.2. The zero-order valence-electron chi connectivity index (χ0n) is 18.1. The van der Waals surface area contributed by atoms with Gasteiger partial charge in [-0.2, -0.15) is 0 Å². The Morgan fingerprint density at radius 3 is 2.62 bits per heavy atom. The lowest BCUT2D eigenvalue weighted by Crippen LogP contribution is -2.40. The second kappa shape index (κ2) is 8.74. The van der Waals surface area contributed by atoms with Crippen molar-refractivity contribution in [3.05, 3.63) is 54.1 Å². The molecule has 1 aromatic heterocycles. The summed E-state index contributed by atoms with van der Waals surface area (Å²) in [5.41, 5.74) is 2.99. The number of rotatable bonds is 5. The highest BCUT2D eigenvalue weighted by Crippen LogP contribution is 2.30. The number of benzene rings is 2. The van der Waals surface area contributed by atoms with Crippen molar-refractivity contribution in [3.8, 4) is 11.5 Å². The van der Waals surface area contributed by atoms with E-state index in [-0.39, 0.29) is 29.8 Å². The van der Waals surface area contributed by atoms with Crippen LogP contribution in [0.2, 0.25) is 0 Å². The summed E-state index contributed by atoms with van der Waals surface area (Å²) >= 11 is 0. The molecule has 1 aliphatic heterocycles. The van der Waals surface area contributed by atoms with Crippen LogP contribution in [0, 0.1) is 5.92 Å². The number of fused-ring (bicyclic) bond motifs is 1. The van der Waals surface area contributed by atoms with Gasteiger partial charge in [-0.3, -0.25) is 9.59 Å². The molecule has 2 aromatic carbocycles. The average Bonchev–Trinajstić information content (AvgIpc) is 3.58. The second-order valence-corrected chi connectivity index (χ2v) is 8.71. The molecule has 0 radical (unpaired) electrons. The molecule has 7 nitrogen and oxygen atoms in total. The number of nitrogens with zero attached hydrogens (tertiary/aromatic N) is 2. The van der Waals surface area contributed by atoms with E-state index in [0.29, 0.717) is 31.1 Å². The lowest BCUT2D eigenvalue weighted by Gasteiger charge is -2.25. The molecule has 2 aliphatic rings. The van der Waals surface area contributed by atoms with Gasteiger partial charge in [0.25, 0.3) is 5.91 Å². The monoisotopic (exact) mass is 433 g/mol. The van der Waals surface area contributed by atoms with Crippen LogP contribution in [0.15, 0.2) is 52.9 Å². The van der Waals surface area contributed by atoms with Crippen molar-refractivity contribution in [3.63, 3.8) is 0 Å². The Bertz CT molecular complexity index is 1080. The molecular weight excluding hydrogens is 406 g/mol. The molecule has 0 unspecified atom stereocenters. The number of oxazole rings is 1. The number of carbonyl (C=O) groups excluding carboxylic acids is 2. The van der Waals surface area contributed by atoms with E-state index in [1.54, 1.807) is 4.90 Å². The van der Waals surface area contributed by atoms with Crippen molar-refractivity contribution in [1.29, 1.82) is 0 Å². The van der Waals surface area contributed by atoms with Gasteiger partial charge in [0.1, 0.15) is 5.52 Å². The summed E-state index contributed by atoms with van der Waals surface area (Å²) in [6.07, 6.45) is 3.21. The Labute approximate surface area is 186 Å². The SMILES string of the molecule is CN(C(=O)c1ccc(-c2nc3ccccc3o2)cc1)[C@@H]1CC[C@H](C(=O)N[C@H]2CCOC2)C1. The fraction of sp³-hybridized carbons (Fsp3) is 0.400. The predicted molar refractivity (Wildman–Crippen MR) is 120 cm³/mol. The third-order valence-corrected chi connectivity index (χ3v) is 6.59. The summed E-state index contributed by atoms with van der Waals surface area (Å²) in [5, 5.41) is 3.09. The van der Waals surface area contributed by atoms with Gasteiger partial charge in [0.15, 0.2) is 5.58 Å². The molecule has 1 saturated heterocycles. The molecular formula is C25H27N3O4. The van der Waals surface area contributed by atoms with Gasteiger partial charge in [0.05, 0.1) is 12.6 Å². The molecule has 166 valence electrons. The third-order valence-electron chi connectivity index (χ3n) is 6.59. The Morgan fingerprint density at radius 1 is 1.06 bits per heavy atom. The molecule has 7 heteroatoms. The minimum absolute atomic E-state index is 0.0376. The van der Waals surface area contributed by atoms with Crippen LogP contribution < -0.4 is 5.32 Å². The van der Waals surface area contributed by atoms with Crippen molar-refractivity contribution in [2.75, 3.05) is 20.3 Å². The van der Waals surface area contributed by atoms with Crippen LogP contribution in [0.25, 0.3) is 22.6 Å². The van der Waals surface area contributed by atoms with E-state index >= 15 is 0 Å². The van der Waals surface area contributed by atoms with Gasteiger partial charge in [-0.25, -0.2) is 4.98 Å². The maximum absolute atomic E-state index is 13.0. The number of amides is 2. The van der Waals surface area contributed by atoms with E-state index in [4.69, 9.17) is 9.15 Å². The normalized spacial score (nSPS) is 22.8. The molecule has 2 heterocycles. The topological polar surface area (TPSA) is 84.7 Å². The zero-order chi connectivity index (χ0) is 22.1. The molecule has 1 saturated carbocycles. The molecule has 1 N–H and O–H groups in total. The molecule has 2 fully saturated rings. The summed E-state index contributed by atoms with van der Waals surface area (Å²) in [5.74, 6) is 0.546. The molecule has 3 aromatic rings. The first-order valence-electron chi connectivity index (χ1n) is 11.2. The molecule has 3 atom stereocenters. The smallest absolute Gasteiger partial charge is 0.253 e. The van der Waals surface area contributed by atoms with Crippen LogP contribution in [0.3, 0.4) is 0 Å². The number of carbonyl (C=O) groups is 2. The van der Waals surface area contributed by atoms with Crippen molar-refractivity contribution in [2.24, 2.45) is 5.92 Å². The standard InChI is InChI=1S/C25H27N3O4/c1-28(20-11-10-18(14-20)23(29)26-19-12-13-31-15-19)25(30)17-8-6-16(7-9-17)24-27-21-4-2-3-5-22(21)32-24/h2-9,18-20H,10-15H2,1H3,(H,26,29)/t18-,19-,20+/m0/s1. The van der Waals surface area contributed by atoms with Crippen LogP contribution in [-0.2, 0) is 9.53 Å².